The average Bonchev–Trinajstić information content (AvgIpc) is 3.00. The van der Waals surface area contributed by atoms with Crippen molar-refractivity contribution < 1.29 is 14.2 Å². The van der Waals surface area contributed by atoms with Gasteiger partial charge in [-0.1, -0.05) is 0 Å². The number of benzene rings is 1. The largest absolute Gasteiger partial charge is 0.421 e. The van der Waals surface area contributed by atoms with Gasteiger partial charge in [0, 0.05) is 17.8 Å². The zero-order valence-electron chi connectivity index (χ0n) is 14.9. The van der Waals surface area contributed by atoms with Gasteiger partial charge in [0.15, 0.2) is 11.6 Å². The maximum Gasteiger partial charge on any atom is 0.324 e. The number of aliphatic hydroxyl groups is 1. The Balaban J connectivity index is 1.78. The third-order valence-electron chi connectivity index (χ3n) is 4.19. The lowest BCUT2D eigenvalue weighted by Gasteiger charge is -2.06. The van der Waals surface area contributed by atoms with Crippen LogP contribution in [-0.4, -0.2) is 37.1 Å². The molecule has 0 bridgehead atoms. The highest BCUT2D eigenvalue weighted by molar-refractivity contribution is 6.11. The molecule has 3 heterocycles. The van der Waals surface area contributed by atoms with E-state index in [2.05, 4.69) is 30.2 Å². The van der Waals surface area contributed by atoms with E-state index in [4.69, 9.17) is 4.74 Å². The molecule has 0 spiro atoms. The maximum absolute atomic E-state index is 13.9. The quantitative estimate of drug-likeness (QED) is 0.507. The maximum atomic E-state index is 13.9. The third-order valence-corrected chi connectivity index (χ3v) is 4.19. The van der Waals surface area contributed by atoms with Gasteiger partial charge >= 0.3 is 6.01 Å². The second kappa shape index (κ2) is 6.44. The summed E-state index contributed by atoms with van der Waals surface area (Å²) in [7, 11) is 1.73. The van der Waals surface area contributed by atoms with Crippen LogP contribution in [0.2, 0.25) is 0 Å². The predicted molar refractivity (Wildman–Crippen MR) is 98.4 cm³/mol. The van der Waals surface area contributed by atoms with Gasteiger partial charge in [-0.15, -0.1) is 0 Å². The number of aliphatic hydroxyl groups excluding tert-OH is 1. The van der Waals surface area contributed by atoms with Crippen LogP contribution in [0.1, 0.15) is 24.5 Å². The van der Waals surface area contributed by atoms with E-state index in [1.54, 1.807) is 20.9 Å². The fourth-order valence-corrected chi connectivity index (χ4v) is 2.96. The Labute approximate surface area is 153 Å². The summed E-state index contributed by atoms with van der Waals surface area (Å²) in [6, 6.07) is 2.99. The number of aromatic nitrogens is 5. The Morgan fingerprint density at radius 1 is 1.22 bits per heavy atom. The normalized spacial score (nSPS) is 12.5. The van der Waals surface area contributed by atoms with Gasteiger partial charge in [-0.2, -0.15) is 9.97 Å². The number of aromatic amines is 1. The standard InChI is InChI=1S/C18H17FN6O2/c1-8-14-12-4-10(19)5-13(20-3)15(12)24-17(14)25-18(23-8)27-11-6-21-16(9(2)26)22-7-11/h4-7,9,20,26H,1-3H3,(H,23,24,25). The molecule has 4 rings (SSSR count). The molecule has 0 saturated carbocycles. The summed E-state index contributed by atoms with van der Waals surface area (Å²) >= 11 is 0. The summed E-state index contributed by atoms with van der Waals surface area (Å²) in [6.07, 6.45) is 2.12. The van der Waals surface area contributed by atoms with Crippen LogP contribution in [0.3, 0.4) is 0 Å². The molecule has 0 fully saturated rings. The van der Waals surface area contributed by atoms with Crippen molar-refractivity contribution in [1.82, 2.24) is 24.9 Å². The van der Waals surface area contributed by atoms with Crippen LogP contribution in [0.15, 0.2) is 24.5 Å². The lowest BCUT2D eigenvalue weighted by atomic mass is 10.1. The molecule has 9 heteroatoms. The van der Waals surface area contributed by atoms with Crippen LogP contribution in [0.5, 0.6) is 11.8 Å². The monoisotopic (exact) mass is 368 g/mol. The number of anilines is 1. The summed E-state index contributed by atoms with van der Waals surface area (Å²) < 4.78 is 19.6. The van der Waals surface area contributed by atoms with Crippen LogP contribution in [0.4, 0.5) is 10.1 Å². The lowest BCUT2D eigenvalue weighted by Crippen LogP contribution is -2.00. The van der Waals surface area contributed by atoms with Crippen LogP contribution < -0.4 is 10.1 Å². The Morgan fingerprint density at radius 2 is 1.96 bits per heavy atom. The Morgan fingerprint density at radius 3 is 2.63 bits per heavy atom. The molecule has 0 aliphatic heterocycles. The molecule has 0 saturated heterocycles. The molecular weight excluding hydrogens is 351 g/mol. The fraction of sp³-hybridized carbons (Fsp3) is 0.222. The summed E-state index contributed by atoms with van der Waals surface area (Å²) in [6.45, 7) is 3.38. The molecule has 3 N–H and O–H groups in total. The van der Waals surface area contributed by atoms with Crippen LogP contribution >= 0.6 is 0 Å². The molecule has 3 aromatic heterocycles. The molecule has 0 aliphatic carbocycles. The van der Waals surface area contributed by atoms with Crippen molar-refractivity contribution in [3.05, 3.63) is 41.9 Å². The number of nitrogens with zero attached hydrogens (tertiary/aromatic N) is 4. The highest BCUT2D eigenvalue weighted by Crippen LogP contribution is 2.33. The van der Waals surface area contributed by atoms with Crippen molar-refractivity contribution >= 4 is 27.6 Å². The second-order valence-electron chi connectivity index (χ2n) is 6.12. The van der Waals surface area contributed by atoms with E-state index < -0.39 is 6.10 Å². The first-order valence-electron chi connectivity index (χ1n) is 8.31. The predicted octanol–water partition coefficient (Wildman–Crippen LogP) is 3.24. The number of rotatable bonds is 4. The van der Waals surface area contributed by atoms with Gasteiger partial charge in [-0.25, -0.2) is 14.4 Å². The lowest BCUT2D eigenvalue weighted by molar-refractivity contribution is 0.188. The molecule has 1 unspecified atom stereocenters. The van der Waals surface area contributed by atoms with Gasteiger partial charge in [-0.3, -0.25) is 0 Å². The molecule has 27 heavy (non-hydrogen) atoms. The van der Waals surface area contributed by atoms with Crippen LogP contribution in [0, 0.1) is 12.7 Å². The highest BCUT2D eigenvalue weighted by Gasteiger charge is 2.16. The first-order valence-corrected chi connectivity index (χ1v) is 8.31. The number of ether oxygens (including phenoxy) is 1. The summed E-state index contributed by atoms with van der Waals surface area (Å²) in [5.41, 5.74) is 2.56. The average molecular weight is 368 g/mol. The molecule has 4 aromatic rings. The molecule has 0 aliphatic rings. The topological polar surface area (TPSA) is 109 Å². The zero-order valence-corrected chi connectivity index (χ0v) is 14.9. The number of hydrogen-bond donors (Lipinski definition) is 3. The van der Waals surface area contributed by atoms with E-state index in [1.165, 1.54) is 24.5 Å². The number of nitrogens with one attached hydrogen (secondary N) is 2. The van der Waals surface area contributed by atoms with Gasteiger partial charge in [-0.05, 0) is 26.0 Å². The minimum atomic E-state index is -0.762. The summed E-state index contributed by atoms with van der Waals surface area (Å²) in [5, 5.41) is 13.9. The molecule has 138 valence electrons. The molecule has 1 aromatic carbocycles. The van der Waals surface area contributed by atoms with Crippen molar-refractivity contribution in [3.8, 4) is 11.8 Å². The smallest absolute Gasteiger partial charge is 0.324 e. The SMILES string of the molecule is CNc1cc(F)cc2c1[nH]c1nc(Oc3cnc(C(C)O)nc3)nc(C)c12. The molecule has 1 atom stereocenters. The van der Waals surface area contributed by atoms with Gasteiger partial charge in [0.2, 0.25) is 0 Å². The second-order valence-corrected chi connectivity index (χ2v) is 6.12. The minimum absolute atomic E-state index is 0.117. The van der Waals surface area contributed by atoms with E-state index in [1.807, 2.05) is 0 Å². The van der Waals surface area contributed by atoms with Gasteiger partial charge in [0.25, 0.3) is 0 Å². The Bertz CT molecular complexity index is 1140. The van der Waals surface area contributed by atoms with Crippen molar-refractivity contribution in [1.29, 1.82) is 0 Å². The summed E-state index contributed by atoms with van der Waals surface area (Å²) in [5.74, 6) is 0.297. The number of H-pyrrole nitrogens is 1. The van der Waals surface area contributed by atoms with Gasteiger partial charge in [0.05, 0.1) is 29.3 Å². The van der Waals surface area contributed by atoms with Gasteiger partial charge in [0.1, 0.15) is 17.6 Å². The molecule has 8 nitrogen and oxygen atoms in total. The summed E-state index contributed by atoms with van der Waals surface area (Å²) in [4.78, 5) is 20.0. The first kappa shape index (κ1) is 17.1. The molecule has 0 radical (unpaired) electrons. The van der Waals surface area contributed by atoms with Crippen LogP contribution in [-0.2, 0) is 0 Å². The first-order chi connectivity index (χ1) is 13.0. The van der Waals surface area contributed by atoms with Crippen molar-refractivity contribution in [3.63, 3.8) is 0 Å². The van der Waals surface area contributed by atoms with E-state index in [-0.39, 0.29) is 11.8 Å². The van der Waals surface area contributed by atoms with Gasteiger partial charge < -0.3 is 20.1 Å². The van der Waals surface area contributed by atoms with Crippen LogP contribution in [0.25, 0.3) is 21.9 Å². The highest BCUT2D eigenvalue weighted by atomic mass is 19.1. The minimum Gasteiger partial charge on any atom is -0.421 e. The Kier molecular flexibility index (Phi) is 4.08. The number of aryl methyl sites for hydroxylation is 1. The van der Waals surface area contributed by atoms with E-state index in [0.717, 1.165) is 10.9 Å². The molecular formula is C18H17FN6O2. The Hall–Kier alpha value is -3.33. The van der Waals surface area contributed by atoms with Crippen molar-refractivity contribution in [2.45, 2.75) is 20.0 Å². The van der Waals surface area contributed by atoms with Crippen molar-refractivity contribution in [2.75, 3.05) is 12.4 Å². The number of fused-ring (bicyclic) bond motifs is 3. The third kappa shape index (κ3) is 3.02. The fourth-order valence-electron chi connectivity index (χ4n) is 2.96. The zero-order chi connectivity index (χ0) is 19.1. The van der Waals surface area contributed by atoms with Crippen molar-refractivity contribution in [2.24, 2.45) is 0 Å². The van der Waals surface area contributed by atoms with E-state index in [9.17, 15) is 9.50 Å². The number of halogens is 1. The number of hydrogen-bond acceptors (Lipinski definition) is 7. The molecule has 0 amide bonds. The van der Waals surface area contributed by atoms with E-state index >= 15 is 0 Å². The van der Waals surface area contributed by atoms with E-state index in [0.29, 0.717) is 34.0 Å².